The molecule has 1 aliphatic rings. The van der Waals surface area contributed by atoms with Crippen molar-refractivity contribution in [2.45, 2.75) is 6.92 Å². The van der Waals surface area contributed by atoms with Crippen molar-refractivity contribution in [2.75, 3.05) is 23.5 Å². The van der Waals surface area contributed by atoms with Crippen molar-refractivity contribution in [3.8, 4) is 5.69 Å². The third kappa shape index (κ3) is 2.96. The molecule has 0 saturated carbocycles. The molecule has 0 unspecified atom stereocenters. The highest BCUT2D eigenvalue weighted by atomic mass is 32.2. The first-order valence-corrected chi connectivity index (χ1v) is 8.64. The van der Waals surface area contributed by atoms with Crippen LogP contribution in [-0.4, -0.2) is 44.3 Å². The largest absolute Gasteiger partial charge is 0.323 e. The molecule has 24 heavy (non-hydrogen) atoms. The molecule has 0 radical (unpaired) electrons. The molecule has 1 aromatic heterocycles. The predicted molar refractivity (Wildman–Crippen MR) is 93.4 cm³/mol. The fourth-order valence-corrected chi connectivity index (χ4v) is 3.51. The standard InChI is InChI=1S/C16H18N4O3S/c1-11-15(17-13(21)8-19-10-24-9-14(19)22)16(23)20(18(11)2)12-6-4-3-5-7-12/h3-7H,8-10H2,1-2H3,(H,17,21). The number of carbonyl (C=O) groups excluding carboxylic acids is 2. The molecule has 2 aromatic rings. The zero-order chi connectivity index (χ0) is 17.3. The maximum Gasteiger partial charge on any atom is 0.295 e. The number of hydrogen-bond donors (Lipinski definition) is 1. The summed E-state index contributed by atoms with van der Waals surface area (Å²) in [5, 5.41) is 2.66. The lowest BCUT2D eigenvalue weighted by Gasteiger charge is -2.13. The smallest absolute Gasteiger partial charge is 0.295 e. The number of rotatable bonds is 4. The van der Waals surface area contributed by atoms with Gasteiger partial charge in [0.05, 0.1) is 23.0 Å². The van der Waals surface area contributed by atoms with Crippen LogP contribution in [0.1, 0.15) is 5.69 Å². The van der Waals surface area contributed by atoms with Crippen molar-refractivity contribution in [1.82, 2.24) is 14.3 Å². The van der Waals surface area contributed by atoms with Crippen LogP contribution in [0.5, 0.6) is 0 Å². The van der Waals surface area contributed by atoms with Gasteiger partial charge in [0.15, 0.2) is 0 Å². The molecule has 1 saturated heterocycles. The van der Waals surface area contributed by atoms with Gasteiger partial charge in [0.25, 0.3) is 5.56 Å². The lowest BCUT2D eigenvalue weighted by Crippen LogP contribution is -2.35. The predicted octanol–water partition coefficient (Wildman–Crippen LogP) is 0.956. The number of nitrogens with one attached hydrogen (secondary N) is 1. The van der Waals surface area contributed by atoms with E-state index in [0.29, 0.717) is 17.3 Å². The lowest BCUT2D eigenvalue weighted by atomic mass is 10.3. The molecule has 3 rings (SSSR count). The number of aromatic nitrogens is 2. The Hall–Kier alpha value is -2.48. The fraction of sp³-hybridized carbons (Fsp3) is 0.312. The first-order valence-electron chi connectivity index (χ1n) is 7.48. The van der Waals surface area contributed by atoms with E-state index >= 15 is 0 Å². The Kier molecular flexibility index (Phi) is 4.48. The maximum absolute atomic E-state index is 12.7. The van der Waals surface area contributed by atoms with Crippen LogP contribution in [0, 0.1) is 6.92 Å². The molecule has 7 nitrogen and oxygen atoms in total. The van der Waals surface area contributed by atoms with Crippen LogP contribution in [0.4, 0.5) is 5.69 Å². The molecule has 0 bridgehead atoms. The second-order valence-electron chi connectivity index (χ2n) is 5.55. The van der Waals surface area contributed by atoms with Crippen LogP contribution < -0.4 is 10.9 Å². The van der Waals surface area contributed by atoms with Crippen molar-refractivity contribution in [3.05, 3.63) is 46.4 Å². The highest BCUT2D eigenvalue weighted by Gasteiger charge is 2.24. The van der Waals surface area contributed by atoms with E-state index in [2.05, 4.69) is 5.32 Å². The number of nitrogens with zero attached hydrogens (tertiary/aromatic N) is 3. The summed E-state index contributed by atoms with van der Waals surface area (Å²) in [5.74, 6) is 0.491. The Morgan fingerprint density at radius 2 is 1.96 bits per heavy atom. The number of hydrogen-bond acceptors (Lipinski definition) is 4. The van der Waals surface area contributed by atoms with Crippen LogP contribution >= 0.6 is 11.8 Å². The zero-order valence-corrected chi connectivity index (χ0v) is 14.3. The van der Waals surface area contributed by atoms with Crippen LogP contribution in [-0.2, 0) is 16.6 Å². The number of para-hydroxylation sites is 1. The van der Waals surface area contributed by atoms with E-state index in [4.69, 9.17) is 0 Å². The van der Waals surface area contributed by atoms with Gasteiger partial charge >= 0.3 is 0 Å². The Balaban J connectivity index is 1.85. The molecule has 0 spiro atoms. The van der Waals surface area contributed by atoms with E-state index in [-0.39, 0.29) is 29.6 Å². The van der Waals surface area contributed by atoms with Crippen molar-refractivity contribution in [1.29, 1.82) is 0 Å². The minimum absolute atomic E-state index is 0.0368. The SMILES string of the molecule is Cc1c(NC(=O)CN2CSCC2=O)c(=O)n(-c2ccccc2)n1C. The quantitative estimate of drug-likeness (QED) is 0.894. The van der Waals surface area contributed by atoms with Gasteiger partial charge in [-0.1, -0.05) is 18.2 Å². The van der Waals surface area contributed by atoms with E-state index in [1.807, 2.05) is 30.3 Å². The van der Waals surface area contributed by atoms with E-state index in [9.17, 15) is 14.4 Å². The van der Waals surface area contributed by atoms with Crippen molar-refractivity contribution in [3.63, 3.8) is 0 Å². The lowest BCUT2D eigenvalue weighted by molar-refractivity contribution is -0.130. The monoisotopic (exact) mass is 346 g/mol. The first kappa shape index (κ1) is 16.4. The molecule has 0 atom stereocenters. The van der Waals surface area contributed by atoms with Crippen LogP contribution in [0.15, 0.2) is 35.1 Å². The van der Waals surface area contributed by atoms with Gasteiger partial charge in [-0.2, -0.15) is 0 Å². The molecule has 126 valence electrons. The molecular formula is C16H18N4O3S. The number of carbonyl (C=O) groups is 2. The molecule has 2 heterocycles. The maximum atomic E-state index is 12.7. The summed E-state index contributed by atoms with van der Waals surface area (Å²) in [4.78, 5) is 38.0. The first-order chi connectivity index (χ1) is 11.5. The summed E-state index contributed by atoms with van der Waals surface area (Å²) >= 11 is 1.48. The highest BCUT2D eigenvalue weighted by Crippen LogP contribution is 2.16. The van der Waals surface area contributed by atoms with Gasteiger partial charge in [0.2, 0.25) is 11.8 Å². The van der Waals surface area contributed by atoms with Crippen LogP contribution in [0.25, 0.3) is 5.69 Å². The van der Waals surface area contributed by atoms with E-state index in [0.717, 1.165) is 5.69 Å². The number of amides is 2. The Labute approximate surface area is 143 Å². The Morgan fingerprint density at radius 1 is 1.25 bits per heavy atom. The Morgan fingerprint density at radius 3 is 2.58 bits per heavy atom. The number of anilines is 1. The summed E-state index contributed by atoms with van der Waals surface area (Å²) in [6.07, 6.45) is 0. The van der Waals surface area contributed by atoms with Crippen LogP contribution in [0.3, 0.4) is 0 Å². The van der Waals surface area contributed by atoms with Crippen molar-refractivity contribution >= 4 is 29.3 Å². The summed E-state index contributed by atoms with van der Waals surface area (Å²) in [5.41, 5.74) is 1.32. The fourth-order valence-electron chi connectivity index (χ4n) is 2.60. The minimum atomic E-state index is -0.364. The third-order valence-electron chi connectivity index (χ3n) is 3.98. The molecule has 1 fully saturated rings. The Bertz CT molecular complexity index is 841. The average molecular weight is 346 g/mol. The highest BCUT2D eigenvalue weighted by molar-refractivity contribution is 8.00. The van der Waals surface area contributed by atoms with Gasteiger partial charge in [0.1, 0.15) is 12.2 Å². The van der Waals surface area contributed by atoms with Gasteiger partial charge in [-0.05, 0) is 19.1 Å². The molecule has 0 aliphatic carbocycles. The average Bonchev–Trinajstić information content (AvgIpc) is 3.05. The third-order valence-corrected chi connectivity index (χ3v) is 4.92. The zero-order valence-electron chi connectivity index (χ0n) is 13.5. The molecule has 1 aliphatic heterocycles. The van der Waals surface area contributed by atoms with Gasteiger partial charge in [-0.3, -0.25) is 19.1 Å². The van der Waals surface area contributed by atoms with Gasteiger partial charge in [-0.25, -0.2) is 4.68 Å². The summed E-state index contributed by atoms with van der Waals surface area (Å²) < 4.78 is 3.20. The van der Waals surface area contributed by atoms with Gasteiger partial charge in [-0.15, -0.1) is 11.8 Å². The van der Waals surface area contributed by atoms with Crippen molar-refractivity contribution in [2.24, 2.45) is 7.05 Å². The number of benzene rings is 1. The van der Waals surface area contributed by atoms with Gasteiger partial charge in [0, 0.05) is 7.05 Å². The molecule has 1 N–H and O–H groups in total. The summed E-state index contributed by atoms with van der Waals surface area (Å²) in [6.45, 7) is 1.73. The van der Waals surface area contributed by atoms with Crippen LogP contribution in [0.2, 0.25) is 0 Å². The molecule has 8 heteroatoms. The van der Waals surface area contributed by atoms with E-state index in [1.165, 1.54) is 21.3 Å². The second kappa shape index (κ2) is 6.56. The van der Waals surface area contributed by atoms with E-state index < -0.39 is 0 Å². The van der Waals surface area contributed by atoms with Crippen molar-refractivity contribution < 1.29 is 9.59 Å². The molecule has 1 aromatic carbocycles. The van der Waals surface area contributed by atoms with E-state index in [1.54, 1.807) is 18.7 Å². The molecule has 2 amide bonds. The second-order valence-corrected chi connectivity index (χ2v) is 6.51. The van der Waals surface area contributed by atoms with Gasteiger partial charge < -0.3 is 10.2 Å². The minimum Gasteiger partial charge on any atom is -0.323 e. The molecular weight excluding hydrogens is 328 g/mol. The summed E-state index contributed by atoms with van der Waals surface area (Å²) in [6, 6.07) is 9.22. The number of thioether (sulfide) groups is 1. The summed E-state index contributed by atoms with van der Waals surface area (Å²) in [7, 11) is 1.76. The normalized spacial score (nSPS) is 14.2. The topological polar surface area (TPSA) is 76.3 Å².